The van der Waals surface area contributed by atoms with Crippen LogP contribution in [0.15, 0.2) is 47.6 Å². The molecule has 0 radical (unpaired) electrons. The molecule has 0 amide bonds. The van der Waals surface area contributed by atoms with Gasteiger partial charge in [0.25, 0.3) is 0 Å². The first-order chi connectivity index (χ1) is 12.2. The Morgan fingerprint density at radius 1 is 1.12 bits per heavy atom. The molecule has 3 aromatic rings. The number of rotatable bonds is 3. The van der Waals surface area contributed by atoms with Gasteiger partial charge in [0.05, 0.1) is 11.2 Å². The molecule has 1 aliphatic rings. The first-order valence-corrected chi connectivity index (χ1v) is 9.79. The summed E-state index contributed by atoms with van der Waals surface area (Å²) >= 11 is 0. The molecule has 0 bridgehead atoms. The van der Waals surface area contributed by atoms with Gasteiger partial charge in [-0.05, 0) is 30.3 Å². The van der Waals surface area contributed by atoms with Gasteiger partial charge in [0.2, 0.25) is 5.95 Å². The molecule has 0 aliphatic carbocycles. The van der Waals surface area contributed by atoms with E-state index in [4.69, 9.17) is 4.98 Å². The summed E-state index contributed by atoms with van der Waals surface area (Å²) in [7, 11) is -1.01. The predicted octanol–water partition coefficient (Wildman–Crippen LogP) is 1.84. The Kier molecular flexibility index (Phi) is 4.42. The van der Waals surface area contributed by atoms with Crippen LogP contribution in [0, 0.1) is 0 Å². The standard InChI is InChI=1S/C18H19N5OS/c1-25(24)15-2-3-16-13(11-15)10-14(12-21-16)17-4-5-20-18(22-17)23-8-6-19-7-9-23/h2-5,10-12,19H,6-9H2,1H3. The average Bonchev–Trinajstić information content (AvgIpc) is 2.68. The number of fused-ring (bicyclic) bond motifs is 1. The smallest absolute Gasteiger partial charge is 0.225 e. The fourth-order valence-corrected chi connectivity index (χ4v) is 3.51. The van der Waals surface area contributed by atoms with Gasteiger partial charge in [-0.2, -0.15) is 0 Å². The third-order valence-electron chi connectivity index (χ3n) is 4.32. The number of nitrogens with one attached hydrogen (secondary N) is 1. The largest absolute Gasteiger partial charge is 0.338 e. The van der Waals surface area contributed by atoms with Crippen molar-refractivity contribution in [2.45, 2.75) is 4.90 Å². The molecule has 1 aromatic carbocycles. The maximum absolute atomic E-state index is 11.7. The third kappa shape index (κ3) is 3.38. The lowest BCUT2D eigenvalue weighted by atomic mass is 10.1. The van der Waals surface area contributed by atoms with Crippen molar-refractivity contribution in [1.82, 2.24) is 20.3 Å². The number of benzene rings is 1. The van der Waals surface area contributed by atoms with Crippen molar-refractivity contribution in [1.29, 1.82) is 0 Å². The van der Waals surface area contributed by atoms with Crippen molar-refractivity contribution in [3.63, 3.8) is 0 Å². The van der Waals surface area contributed by atoms with Crippen molar-refractivity contribution < 1.29 is 4.21 Å². The number of aromatic nitrogens is 3. The molecule has 1 fully saturated rings. The van der Waals surface area contributed by atoms with Crippen LogP contribution < -0.4 is 10.2 Å². The molecule has 2 aromatic heterocycles. The van der Waals surface area contributed by atoms with Gasteiger partial charge in [0.15, 0.2) is 0 Å². The fourth-order valence-electron chi connectivity index (χ4n) is 2.95. The summed E-state index contributed by atoms with van der Waals surface area (Å²) in [5.41, 5.74) is 2.67. The second-order valence-electron chi connectivity index (χ2n) is 6.01. The monoisotopic (exact) mass is 353 g/mol. The lowest BCUT2D eigenvalue weighted by Gasteiger charge is -2.27. The number of nitrogens with zero attached hydrogens (tertiary/aromatic N) is 4. The van der Waals surface area contributed by atoms with Gasteiger partial charge in [-0.3, -0.25) is 9.19 Å². The molecule has 1 saturated heterocycles. The lowest BCUT2D eigenvalue weighted by molar-refractivity contribution is 0.580. The molecule has 4 rings (SSSR count). The average molecular weight is 353 g/mol. The number of hydrogen-bond acceptors (Lipinski definition) is 6. The van der Waals surface area contributed by atoms with Crippen LogP contribution in [0.4, 0.5) is 5.95 Å². The van der Waals surface area contributed by atoms with E-state index in [1.54, 1.807) is 12.5 Å². The summed E-state index contributed by atoms with van der Waals surface area (Å²) < 4.78 is 11.7. The number of piperazine rings is 1. The highest BCUT2D eigenvalue weighted by Gasteiger charge is 2.14. The number of hydrogen-bond donors (Lipinski definition) is 1. The molecular formula is C18H19N5OS. The van der Waals surface area contributed by atoms with Gasteiger partial charge in [0, 0.05) is 71.5 Å². The van der Waals surface area contributed by atoms with Crippen molar-refractivity contribution in [2.24, 2.45) is 0 Å². The Morgan fingerprint density at radius 2 is 1.96 bits per heavy atom. The minimum absolute atomic E-state index is 0.752. The Balaban J connectivity index is 1.72. The Bertz CT molecular complexity index is 940. The Labute approximate surface area is 148 Å². The van der Waals surface area contributed by atoms with Gasteiger partial charge in [-0.25, -0.2) is 9.97 Å². The summed E-state index contributed by atoms with van der Waals surface area (Å²) in [4.78, 5) is 16.6. The molecule has 128 valence electrons. The maximum Gasteiger partial charge on any atom is 0.225 e. The molecule has 1 N–H and O–H groups in total. The van der Waals surface area contributed by atoms with Crippen LogP contribution in [-0.2, 0) is 10.8 Å². The molecule has 1 aliphatic heterocycles. The lowest BCUT2D eigenvalue weighted by Crippen LogP contribution is -2.44. The van der Waals surface area contributed by atoms with Gasteiger partial charge >= 0.3 is 0 Å². The van der Waals surface area contributed by atoms with E-state index in [0.717, 1.165) is 59.2 Å². The SMILES string of the molecule is CS(=O)c1ccc2ncc(-c3ccnc(N4CCNCC4)n3)cc2c1. The number of pyridine rings is 1. The second-order valence-corrected chi connectivity index (χ2v) is 7.39. The fraction of sp³-hybridized carbons (Fsp3) is 0.278. The number of anilines is 1. The van der Waals surface area contributed by atoms with Crippen molar-refractivity contribution in [2.75, 3.05) is 37.3 Å². The van der Waals surface area contributed by atoms with Gasteiger partial charge in [0.1, 0.15) is 0 Å². The van der Waals surface area contributed by atoms with E-state index < -0.39 is 10.8 Å². The Morgan fingerprint density at radius 3 is 2.76 bits per heavy atom. The molecule has 6 nitrogen and oxygen atoms in total. The molecule has 1 unspecified atom stereocenters. The summed E-state index contributed by atoms with van der Waals surface area (Å²) in [5.74, 6) is 0.752. The first-order valence-electron chi connectivity index (χ1n) is 8.23. The van der Waals surface area contributed by atoms with E-state index in [9.17, 15) is 4.21 Å². The molecule has 1 atom stereocenters. The highest BCUT2D eigenvalue weighted by molar-refractivity contribution is 7.84. The van der Waals surface area contributed by atoms with E-state index in [-0.39, 0.29) is 0 Å². The summed E-state index contributed by atoms with van der Waals surface area (Å²) in [5, 5.41) is 4.30. The zero-order chi connectivity index (χ0) is 17.2. The van der Waals surface area contributed by atoms with Gasteiger partial charge in [-0.1, -0.05) is 0 Å². The second kappa shape index (κ2) is 6.85. The van der Waals surface area contributed by atoms with Gasteiger partial charge < -0.3 is 10.2 Å². The first kappa shape index (κ1) is 16.1. The third-order valence-corrected chi connectivity index (χ3v) is 5.24. The van der Waals surface area contributed by atoms with Crippen LogP contribution >= 0.6 is 0 Å². The Hall–Kier alpha value is -2.38. The zero-order valence-corrected chi connectivity index (χ0v) is 14.8. The molecular weight excluding hydrogens is 334 g/mol. The normalized spacial score (nSPS) is 16.1. The topological polar surface area (TPSA) is 71.0 Å². The zero-order valence-electron chi connectivity index (χ0n) is 14.0. The molecule has 3 heterocycles. The quantitative estimate of drug-likeness (QED) is 0.775. The van der Waals surface area contributed by atoms with E-state index in [1.165, 1.54) is 0 Å². The maximum atomic E-state index is 11.7. The van der Waals surface area contributed by atoms with Crippen LogP contribution in [0.5, 0.6) is 0 Å². The molecule has 7 heteroatoms. The van der Waals surface area contributed by atoms with Gasteiger partial charge in [-0.15, -0.1) is 0 Å². The summed E-state index contributed by atoms with van der Waals surface area (Å²) in [6, 6.07) is 9.64. The predicted molar refractivity (Wildman–Crippen MR) is 100 cm³/mol. The highest BCUT2D eigenvalue weighted by atomic mass is 32.2. The van der Waals surface area contributed by atoms with Crippen LogP contribution in [0.2, 0.25) is 0 Å². The van der Waals surface area contributed by atoms with Crippen LogP contribution in [-0.4, -0.2) is 51.6 Å². The van der Waals surface area contributed by atoms with Crippen molar-refractivity contribution >= 4 is 27.7 Å². The van der Waals surface area contributed by atoms with Crippen molar-refractivity contribution in [3.8, 4) is 11.3 Å². The molecule has 0 saturated carbocycles. The van der Waals surface area contributed by atoms with Crippen LogP contribution in [0.3, 0.4) is 0 Å². The van der Waals surface area contributed by atoms with Crippen molar-refractivity contribution in [3.05, 3.63) is 42.7 Å². The van der Waals surface area contributed by atoms with E-state index in [1.807, 2.05) is 36.5 Å². The van der Waals surface area contributed by atoms with E-state index >= 15 is 0 Å². The highest BCUT2D eigenvalue weighted by Crippen LogP contribution is 2.24. The van der Waals surface area contributed by atoms with E-state index in [2.05, 4.69) is 20.2 Å². The minimum atomic E-state index is -1.01. The van der Waals surface area contributed by atoms with Crippen LogP contribution in [0.25, 0.3) is 22.2 Å². The van der Waals surface area contributed by atoms with E-state index in [0.29, 0.717) is 0 Å². The van der Waals surface area contributed by atoms with Crippen LogP contribution in [0.1, 0.15) is 0 Å². The molecule has 25 heavy (non-hydrogen) atoms. The molecule has 0 spiro atoms. The summed E-state index contributed by atoms with van der Waals surface area (Å²) in [6.07, 6.45) is 5.30. The minimum Gasteiger partial charge on any atom is -0.338 e. The summed E-state index contributed by atoms with van der Waals surface area (Å²) in [6.45, 7) is 3.71.